The standard InChI is InChI=1S/C22H25ClN2O5S/c1-5-30-21(27)18-14-8-6-12(22(2,3)4)10-17(14)31-20(18)24-19(26)15-11-13(25(28)29)7-9-16(15)23/h7,9,11-12H,5-6,8,10H2,1-4H3,(H,24,26). The number of carbonyl (C=O) groups is 2. The molecule has 0 bridgehead atoms. The Morgan fingerprint density at radius 1 is 1.35 bits per heavy atom. The zero-order valence-electron chi connectivity index (χ0n) is 17.9. The first-order valence-electron chi connectivity index (χ1n) is 10.1. The lowest BCUT2D eigenvalue weighted by atomic mass is 9.72. The molecule has 31 heavy (non-hydrogen) atoms. The summed E-state index contributed by atoms with van der Waals surface area (Å²) in [5.41, 5.74) is 1.17. The van der Waals surface area contributed by atoms with Gasteiger partial charge in [-0.05, 0) is 49.1 Å². The highest BCUT2D eigenvalue weighted by molar-refractivity contribution is 7.17. The molecular weight excluding hydrogens is 440 g/mol. The van der Waals surface area contributed by atoms with Crippen molar-refractivity contribution in [3.63, 3.8) is 0 Å². The molecule has 1 N–H and O–H groups in total. The smallest absolute Gasteiger partial charge is 0.341 e. The molecule has 1 aliphatic rings. The van der Waals surface area contributed by atoms with Crippen LogP contribution in [0.4, 0.5) is 10.7 Å². The lowest BCUT2D eigenvalue weighted by Crippen LogP contribution is -2.26. The maximum atomic E-state index is 12.9. The molecule has 0 spiro atoms. The van der Waals surface area contributed by atoms with Crippen molar-refractivity contribution in [2.24, 2.45) is 11.3 Å². The Labute approximate surface area is 189 Å². The molecule has 0 aliphatic heterocycles. The zero-order chi connectivity index (χ0) is 22.9. The van der Waals surface area contributed by atoms with Crippen LogP contribution in [0.15, 0.2) is 18.2 Å². The van der Waals surface area contributed by atoms with Gasteiger partial charge in [-0.3, -0.25) is 14.9 Å². The molecule has 0 fully saturated rings. The minimum Gasteiger partial charge on any atom is -0.462 e. The largest absolute Gasteiger partial charge is 0.462 e. The van der Waals surface area contributed by atoms with Gasteiger partial charge in [-0.15, -0.1) is 11.3 Å². The maximum absolute atomic E-state index is 12.9. The SMILES string of the molecule is CCOC(=O)c1c(NC(=O)c2cc([N+](=O)[O-])ccc2Cl)sc2c1CCC(C(C)(C)C)C2. The third-order valence-electron chi connectivity index (χ3n) is 5.60. The van der Waals surface area contributed by atoms with Crippen LogP contribution < -0.4 is 5.32 Å². The van der Waals surface area contributed by atoms with Crippen LogP contribution in [0.5, 0.6) is 0 Å². The second-order valence-electron chi connectivity index (χ2n) is 8.61. The second-order valence-corrected chi connectivity index (χ2v) is 10.1. The molecule has 1 amide bonds. The minimum atomic E-state index is -0.606. The third kappa shape index (κ3) is 4.91. The highest BCUT2D eigenvalue weighted by Gasteiger charge is 2.34. The third-order valence-corrected chi connectivity index (χ3v) is 7.10. The number of esters is 1. The molecule has 1 unspecified atom stereocenters. The average molecular weight is 465 g/mol. The Morgan fingerprint density at radius 2 is 2.06 bits per heavy atom. The van der Waals surface area contributed by atoms with Gasteiger partial charge < -0.3 is 10.1 Å². The van der Waals surface area contributed by atoms with Gasteiger partial charge in [0, 0.05) is 17.0 Å². The summed E-state index contributed by atoms with van der Waals surface area (Å²) in [5, 5.41) is 14.3. The Balaban J connectivity index is 1.98. The number of anilines is 1. The molecule has 1 aromatic heterocycles. The molecule has 1 heterocycles. The highest BCUT2D eigenvalue weighted by Crippen LogP contribution is 2.44. The van der Waals surface area contributed by atoms with Crippen LogP contribution in [0.2, 0.25) is 5.02 Å². The van der Waals surface area contributed by atoms with Gasteiger partial charge in [0.25, 0.3) is 11.6 Å². The molecule has 7 nitrogen and oxygen atoms in total. The molecule has 1 aliphatic carbocycles. The zero-order valence-corrected chi connectivity index (χ0v) is 19.5. The van der Waals surface area contributed by atoms with Crippen LogP contribution >= 0.6 is 22.9 Å². The number of carbonyl (C=O) groups excluding carboxylic acids is 2. The fourth-order valence-electron chi connectivity index (χ4n) is 3.80. The number of hydrogen-bond donors (Lipinski definition) is 1. The number of amides is 1. The van der Waals surface area contributed by atoms with Crippen molar-refractivity contribution in [2.75, 3.05) is 11.9 Å². The van der Waals surface area contributed by atoms with Crippen LogP contribution in [0.1, 0.15) is 65.3 Å². The minimum absolute atomic E-state index is 0.0235. The first kappa shape index (κ1) is 23.2. The van der Waals surface area contributed by atoms with E-state index < -0.39 is 16.8 Å². The molecule has 0 radical (unpaired) electrons. The number of benzene rings is 1. The van der Waals surface area contributed by atoms with Crippen LogP contribution in [0.3, 0.4) is 0 Å². The second kappa shape index (κ2) is 8.96. The summed E-state index contributed by atoms with van der Waals surface area (Å²) >= 11 is 7.48. The molecule has 3 rings (SSSR count). The van der Waals surface area contributed by atoms with Crippen LogP contribution in [0.25, 0.3) is 0 Å². The van der Waals surface area contributed by atoms with Crippen molar-refractivity contribution in [1.82, 2.24) is 0 Å². The van der Waals surface area contributed by atoms with Gasteiger partial charge in [-0.1, -0.05) is 32.4 Å². The number of nitrogens with one attached hydrogen (secondary N) is 1. The molecule has 166 valence electrons. The maximum Gasteiger partial charge on any atom is 0.341 e. The number of nitro benzene ring substituents is 1. The van der Waals surface area contributed by atoms with E-state index in [-0.39, 0.29) is 28.3 Å². The number of nitrogens with zero attached hydrogens (tertiary/aromatic N) is 1. The van der Waals surface area contributed by atoms with Crippen molar-refractivity contribution in [3.8, 4) is 0 Å². The number of thiophene rings is 1. The summed E-state index contributed by atoms with van der Waals surface area (Å²) in [6.07, 6.45) is 2.50. The van der Waals surface area contributed by atoms with Gasteiger partial charge in [0.1, 0.15) is 5.00 Å². The lowest BCUT2D eigenvalue weighted by Gasteiger charge is -2.33. The summed E-state index contributed by atoms with van der Waals surface area (Å²) in [4.78, 5) is 37.2. The average Bonchev–Trinajstić information content (AvgIpc) is 3.04. The molecule has 0 saturated carbocycles. The summed E-state index contributed by atoms with van der Waals surface area (Å²) in [5.74, 6) is -0.622. The van der Waals surface area contributed by atoms with Crippen molar-refractivity contribution in [1.29, 1.82) is 0 Å². The summed E-state index contributed by atoms with van der Waals surface area (Å²) in [7, 11) is 0. The Bertz CT molecular complexity index is 1040. The normalized spacial score (nSPS) is 15.8. The Morgan fingerprint density at radius 3 is 2.68 bits per heavy atom. The number of rotatable bonds is 5. The predicted molar refractivity (Wildman–Crippen MR) is 121 cm³/mol. The molecule has 0 saturated heterocycles. The van der Waals surface area contributed by atoms with E-state index in [1.807, 2.05) is 0 Å². The van der Waals surface area contributed by atoms with Crippen LogP contribution in [-0.4, -0.2) is 23.4 Å². The van der Waals surface area contributed by atoms with E-state index in [0.717, 1.165) is 35.8 Å². The van der Waals surface area contributed by atoms with Crippen LogP contribution in [0, 0.1) is 21.4 Å². The van der Waals surface area contributed by atoms with Gasteiger partial charge in [0.2, 0.25) is 0 Å². The van der Waals surface area contributed by atoms with E-state index in [1.54, 1.807) is 6.92 Å². The summed E-state index contributed by atoms with van der Waals surface area (Å²) in [6, 6.07) is 3.68. The van der Waals surface area contributed by atoms with Gasteiger partial charge in [0.05, 0.1) is 27.7 Å². The Hall–Kier alpha value is -2.45. The fraction of sp³-hybridized carbons (Fsp3) is 0.455. The van der Waals surface area contributed by atoms with Crippen LogP contribution in [-0.2, 0) is 17.6 Å². The number of non-ortho nitro benzene ring substituents is 1. The van der Waals surface area contributed by atoms with E-state index in [2.05, 4.69) is 26.1 Å². The summed E-state index contributed by atoms with van der Waals surface area (Å²) < 4.78 is 5.25. The van der Waals surface area contributed by atoms with Gasteiger partial charge in [0.15, 0.2) is 0 Å². The Kier molecular flexibility index (Phi) is 6.71. The first-order chi connectivity index (χ1) is 14.5. The molecular formula is C22H25ClN2O5S. The van der Waals surface area contributed by atoms with Crippen molar-refractivity contribution < 1.29 is 19.2 Å². The van der Waals surface area contributed by atoms with Gasteiger partial charge in [-0.2, -0.15) is 0 Å². The van der Waals surface area contributed by atoms with E-state index in [1.165, 1.54) is 23.5 Å². The monoisotopic (exact) mass is 464 g/mol. The van der Waals surface area contributed by atoms with Crippen molar-refractivity contribution in [3.05, 3.63) is 54.9 Å². The molecule has 1 atom stereocenters. The van der Waals surface area contributed by atoms with Crippen molar-refractivity contribution >= 4 is 45.5 Å². The number of hydrogen-bond acceptors (Lipinski definition) is 6. The number of ether oxygens (including phenoxy) is 1. The van der Waals surface area contributed by atoms with Gasteiger partial charge in [-0.25, -0.2) is 4.79 Å². The van der Waals surface area contributed by atoms with E-state index >= 15 is 0 Å². The number of halogens is 1. The lowest BCUT2D eigenvalue weighted by molar-refractivity contribution is -0.384. The first-order valence-corrected chi connectivity index (χ1v) is 11.3. The van der Waals surface area contributed by atoms with E-state index in [9.17, 15) is 19.7 Å². The summed E-state index contributed by atoms with van der Waals surface area (Å²) in [6.45, 7) is 8.56. The van der Waals surface area contributed by atoms with Gasteiger partial charge >= 0.3 is 5.97 Å². The predicted octanol–water partition coefficient (Wildman–Crippen LogP) is 5.89. The van der Waals surface area contributed by atoms with Crippen molar-refractivity contribution in [2.45, 2.75) is 47.0 Å². The molecule has 9 heteroatoms. The molecule has 1 aromatic carbocycles. The van der Waals surface area contributed by atoms with E-state index in [0.29, 0.717) is 16.5 Å². The number of fused-ring (bicyclic) bond motifs is 1. The number of nitro groups is 1. The van der Waals surface area contributed by atoms with E-state index in [4.69, 9.17) is 16.3 Å². The topological polar surface area (TPSA) is 98.5 Å². The molecule has 2 aromatic rings. The quantitative estimate of drug-likeness (QED) is 0.338. The highest BCUT2D eigenvalue weighted by atomic mass is 35.5. The fourth-order valence-corrected chi connectivity index (χ4v) is 5.32.